The van der Waals surface area contributed by atoms with Crippen LogP contribution in [-0.2, 0) is 16.0 Å². The Bertz CT molecular complexity index is 901. The lowest BCUT2D eigenvalue weighted by molar-refractivity contribution is -0.115. The van der Waals surface area contributed by atoms with Crippen LogP contribution in [0.2, 0.25) is 0 Å². The van der Waals surface area contributed by atoms with Gasteiger partial charge in [0.2, 0.25) is 5.91 Å². The van der Waals surface area contributed by atoms with Crippen LogP contribution in [0, 0.1) is 6.92 Å². The summed E-state index contributed by atoms with van der Waals surface area (Å²) in [5.41, 5.74) is 2.60. The van der Waals surface area contributed by atoms with E-state index in [9.17, 15) is 9.59 Å². The second kappa shape index (κ2) is 7.58. The number of methoxy groups -OCH3 is 1. The zero-order valence-electron chi connectivity index (χ0n) is 13.7. The normalized spacial score (nSPS) is 10.5. The van der Waals surface area contributed by atoms with Crippen molar-refractivity contribution in [1.82, 2.24) is 4.98 Å². The van der Waals surface area contributed by atoms with E-state index in [0.717, 1.165) is 21.1 Å². The minimum Gasteiger partial charge on any atom is -0.465 e. The molecule has 2 heterocycles. The molecule has 3 aromatic rings. The second-order valence-electron chi connectivity index (χ2n) is 5.37. The van der Waals surface area contributed by atoms with Gasteiger partial charge in [-0.2, -0.15) is 0 Å². The van der Waals surface area contributed by atoms with Crippen LogP contribution >= 0.6 is 22.7 Å². The van der Waals surface area contributed by atoms with Gasteiger partial charge in [0.15, 0.2) is 0 Å². The van der Waals surface area contributed by atoms with Crippen LogP contribution in [0.3, 0.4) is 0 Å². The van der Waals surface area contributed by atoms with E-state index in [2.05, 4.69) is 10.3 Å². The highest BCUT2D eigenvalue weighted by Gasteiger charge is 2.13. The number of aryl methyl sites for hydroxylation is 1. The van der Waals surface area contributed by atoms with Gasteiger partial charge in [-0.1, -0.05) is 12.1 Å². The summed E-state index contributed by atoms with van der Waals surface area (Å²) in [6.07, 6.45) is 0.184. The van der Waals surface area contributed by atoms with Crippen molar-refractivity contribution in [3.05, 3.63) is 57.9 Å². The van der Waals surface area contributed by atoms with Crippen molar-refractivity contribution in [3.63, 3.8) is 0 Å². The fourth-order valence-electron chi connectivity index (χ4n) is 2.26. The molecule has 0 spiro atoms. The smallest absolute Gasteiger partial charge is 0.337 e. The van der Waals surface area contributed by atoms with Crippen LogP contribution in [-0.4, -0.2) is 24.0 Å². The number of thiophene rings is 1. The maximum absolute atomic E-state index is 12.3. The number of ether oxygens (including phenoxy) is 1. The highest BCUT2D eigenvalue weighted by Crippen LogP contribution is 2.28. The van der Waals surface area contributed by atoms with Crippen molar-refractivity contribution >= 4 is 40.2 Å². The Kier molecular flexibility index (Phi) is 5.25. The predicted molar refractivity (Wildman–Crippen MR) is 100 cm³/mol. The van der Waals surface area contributed by atoms with Gasteiger partial charge in [0.25, 0.3) is 0 Å². The van der Waals surface area contributed by atoms with Crippen LogP contribution in [0.15, 0.2) is 41.1 Å². The first-order chi connectivity index (χ1) is 12.1. The zero-order valence-corrected chi connectivity index (χ0v) is 15.4. The van der Waals surface area contributed by atoms with Crippen LogP contribution in [0.1, 0.15) is 21.6 Å². The molecule has 0 aliphatic carbocycles. The van der Waals surface area contributed by atoms with E-state index < -0.39 is 5.97 Å². The number of thiazole rings is 1. The molecule has 3 rings (SSSR count). The van der Waals surface area contributed by atoms with Gasteiger partial charge in [-0.3, -0.25) is 4.79 Å². The molecular weight excluding hydrogens is 356 g/mol. The summed E-state index contributed by atoms with van der Waals surface area (Å²) >= 11 is 3.15. The molecule has 0 bridgehead atoms. The fourth-order valence-corrected chi connectivity index (χ4v) is 3.90. The minimum atomic E-state index is -0.435. The molecule has 25 heavy (non-hydrogen) atoms. The summed E-state index contributed by atoms with van der Waals surface area (Å²) in [6.45, 7) is 1.87. The predicted octanol–water partition coefficient (Wildman–Crippen LogP) is 4.15. The molecule has 5 nitrogen and oxygen atoms in total. The Balaban J connectivity index is 1.70. The number of aromatic nitrogens is 1. The van der Waals surface area contributed by atoms with Gasteiger partial charge in [-0.25, -0.2) is 9.78 Å². The lowest BCUT2D eigenvalue weighted by atomic mass is 10.1. The Hall–Kier alpha value is -2.51. The largest absolute Gasteiger partial charge is 0.465 e. The van der Waals surface area contributed by atoms with Gasteiger partial charge in [0.05, 0.1) is 29.7 Å². The second-order valence-corrected chi connectivity index (χ2v) is 7.17. The number of anilines is 1. The average Bonchev–Trinajstić information content (AvgIpc) is 3.27. The molecule has 0 saturated heterocycles. The van der Waals surface area contributed by atoms with Crippen LogP contribution in [0.5, 0.6) is 0 Å². The van der Waals surface area contributed by atoms with Crippen molar-refractivity contribution in [1.29, 1.82) is 0 Å². The first kappa shape index (κ1) is 17.3. The Morgan fingerprint density at radius 1 is 1.24 bits per heavy atom. The lowest BCUT2D eigenvalue weighted by Crippen LogP contribution is -2.16. The average molecular weight is 372 g/mol. The molecule has 0 radical (unpaired) electrons. The van der Waals surface area contributed by atoms with Gasteiger partial charge in [0, 0.05) is 11.1 Å². The third-order valence-electron chi connectivity index (χ3n) is 3.56. The number of hydrogen-bond donors (Lipinski definition) is 1. The SMILES string of the molecule is COC(=O)c1ccc(C)c(NC(=O)Cc2csc(-c3cccs3)n2)c1. The summed E-state index contributed by atoms with van der Waals surface area (Å²) in [7, 11) is 1.33. The first-order valence-corrected chi connectivity index (χ1v) is 9.30. The molecule has 0 aliphatic heterocycles. The highest BCUT2D eigenvalue weighted by molar-refractivity contribution is 7.20. The van der Waals surface area contributed by atoms with E-state index in [1.165, 1.54) is 18.4 Å². The van der Waals surface area contributed by atoms with Crippen molar-refractivity contribution in [2.45, 2.75) is 13.3 Å². The van der Waals surface area contributed by atoms with Crippen molar-refractivity contribution < 1.29 is 14.3 Å². The molecule has 1 N–H and O–H groups in total. The van der Waals surface area contributed by atoms with E-state index in [4.69, 9.17) is 4.74 Å². The standard InChI is InChI=1S/C18H16N2O3S2/c1-11-5-6-12(18(22)23-2)8-14(11)20-16(21)9-13-10-25-17(19-13)15-4-3-7-24-15/h3-8,10H,9H2,1-2H3,(H,20,21). The minimum absolute atomic E-state index is 0.173. The summed E-state index contributed by atoms with van der Waals surface area (Å²) < 4.78 is 4.71. The van der Waals surface area contributed by atoms with E-state index in [-0.39, 0.29) is 12.3 Å². The van der Waals surface area contributed by atoms with Crippen molar-refractivity contribution in [3.8, 4) is 9.88 Å². The van der Waals surface area contributed by atoms with Gasteiger partial charge in [-0.05, 0) is 36.1 Å². The molecule has 0 saturated carbocycles. The fraction of sp³-hybridized carbons (Fsp3) is 0.167. The molecule has 1 amide bonds. The molecule has 0 fully saturated rings. The number of amides is 1. The number of esters is 1. The number of carbonyl (C=O) groups is 2. The summed E-state index contributed by atoms with van der Waals surface area (Å²) in [5, 5.41) is 7.66. The van der Waals surface area contributed by atoms with Gasteiger partial charge >= 0.3 is 5.97 Å². The maximum Gasteiger partial charge on any atom is 0.337 e. The first-order valence-electron chi connectivity index (χ1n) is 7.54. The van der Waals surface area contributed by atoms with Crippen molar-refractivity contribution in [2.24, 2.45) is 0 Å². The number of nitrogens with one attached hydrogen (secondary N) is 1. The number of benzene rings is 1. The number of hydrogen-bond acceptors (Lipinski definition) is 6. The number of nitrogens with zero attached hydrogens (tertiary/aromatic N) is 1. The molecule has 1 aromatic carbocycles. The van der Waals surface area contributed by atoms with E-state index >= 15 is 0 Å². The third-order valence-corrected chi connectivity index (χ3v) is 5.49. The van der Waals surface area contributed by atoms with Gasteiger partial charge in [0.1, 0.15) is 5.01 Å². The van der Waals surface area contributed by atoms with E-state index in [0.29, 0.717) is 11.3 Å². The quantitative estimate of drug-likeness (QED) is 0.683. The molecule has 0 aliphatic rings. The monoisotopic (exact) mass is 372 g/mol. The van der Waals surface area contributed by atoms with Gasteiger partial charge < -0.3 is 10.1 Å². The summed E-state index contributed by atoms with van der Waals surface area (Å²) in [6, 6.07) is 9.06. The Labute approximate surface area is 153 Å². The van der Waals surface area contributed by atoms with E-state index in [1.807, 2.05) is 29.8 Å². The lowest BCUT2D eigenvalue weighted by Gasteiger charge is -2.09. The number of carbonyl (C=O) groups excluding carboxylic acids is 2. The Morgan fingerprint density at radius 2 is 2.08 bits per heavy atom. The maximum atomic E-state index is 12.3. The molecule has 128 valence electrons. The summed E-state index contributed by atoms with van der Waals surface area (Å²) in [4.78, 5) is 29.6. The van der Waals surface area contributed by atoms with Crippen LogP contribution in [0.4, 0.5) is 5.69 Å². The highest BCUT2D eigenvalue weighted by atomic mass is 32.1. The topological polar surface area (TPSA) is 68.3 Å². The van der Waals surface area contributed by atoms with E-state index in [1.54, 1.807) is 29.5 Å². The molecule has 7 heteroatoms. The zero-order chi connectivity index (χ0) is 17.8. The van der Waals surface area contributed by atoms with Crippen molar-refractivity contribution in [2.75, 3.05) is 12.4 Å². The molecule has 0 atom stereocenters. The molecule has 2 aromatic heterocycles. The van der Waals surface area contributed by atoms with Crippen LogP contribution in [0.25, 0.3) is 9.88 Å². The van der Waals surface area contributed by atoms with Crippen LogP contribution < -0.4 is 5.32 Å². The summed E-state index contributed by atoms with van der Waals surface area (Å²) in [5.74, 6) is -0.608. The third kappa shape index (κ3) is 4.12. The number of rotatable bonds is 5. The molecular formula is C18H16N2O3S2. The molecule has 0 unspecified atom stereocenters. The van der Waals surface area contributed by atoms with Gasteiger partial charge in [-0.15, -0.1) is 22.7 Å². The Morgan fingerprint density at radius 3 is 2.80 bits per heavy atom.